The molecule has 7 fully saturated rings. The summed E-state index contributed by atoms with van der Waals surface area (Å²) in [5.74, 6) is -11.0. The number of carbonyl (C=O) groups excluding carboxylic acids is 3. The Bertz CT molecular complexity index is 1190. The molecule has 224 valence electrons. The molecule has 0 aromatic rings. The molecule has 16 heteroatoms. The van der Waals surface area contributed by atoms with Gasteiger partial charge in [0.25, 0.3) is 10.1 Å². The van der Waals surface area contributed by atoms with Gasteiger partial charge in [0.2, 0.25) is 0 Å². The van der Waals surface area contributed by atoms with Crippen molar-refractivity contribution >= 4 is 28.0 Å². The minimum absolute atomic E-state index is 0.0526. The van der Waals surface area contributed by atoms with Gasteiger partial charge >= 0.3 is 35.9 Å². The molecule has 7 aliphatic rings. The van der Waals surface area contributed by atoms with E-state index >= 15 is 0 Å². The SMILES string of the molecule is O=C1OC2C3C[C@@H](C2OC(=O)C24CC5CC(CC(C5)C2)C4)C(C(=O)OC(CS(=O)(=O)O)(C(F)(F)F)C(F)(F)F)C13. The number of hydrogen-bond acceptors (Lipinski definition) is 8. The van der Waals surface area contributed by atoms with E-state index < -0.39 is 93.0 Å². The van der Waals surface area contributed by atoms with Gasteiger partial charge in [0.15, 0.2) is 0 Å². The number of ether oxygens (including phenoxy) is 3. The molecule has 9 nitrogen and oxygen atoms in total. The monoisotopic (exact) mass is 604 g/mol. The zero-order valence-corrected chi connectivity index (χ0v) is 21.6. The van der Waals surface area contributed by atoms with Crippen LogP contribution in [0.5, 0.6) is 0 Å². The Morgan fingerprint density at radius 2 is 1.45 bits per heavy atom. The van der Waals surface area contributed by atoms with E-state index in [9.17, 15) is 49.1 Å². The normalized spacial score (nSPS) is 41.8. The van der Waals surface area contributed by atoms with Gasteiger partial charge in [-0.1, -0.05) is 0 Å². The smallest absolute Gasteiger partial charge is 0.438 e. The molecule has 40 heavy (non-hydrogen) atoms. The van der Waals surface area contributed by atoms with Crippen LogP contribution in [0.2, 0.25) is 0 Å². The van der Waals surface area contributed by atoms with E-state index in [1.54, 1.807) is 0 Å². The number of hydrogen-bond donors (Lipinski definition) is 1. The summed E-state index contributed by atoms with van der Waals surface area (Å²) in [7, 11) is -5.98. The average molecular weight is 605 g/mol. The second kappa shape index (κ2) is 8.48. The van der Waals surface area contributed by atoms with Crippen molar-refractivity contribution in [2.24, 2.45) is 46.8 Å². The predicted octanol–water partition coefficient (Wildman–Crippen LogP) is 3.22. The maximum atomic E-state index is 13.8. The van der Waals surface area contributed by atoms with Gasteiger partial charge in [-0.25, -0.2) is 0 Å². The summed E-state index contributed by atoms with van der Waals surface area (Å²) >= 11 is 0. The third-order valence-corrected chi connectivity index (χ3v) is 10.9. The van der Waals surface area contributed by atoms with Crippen molar-refractivity contribution in [1.82, 2.24) is 0 Å². The highest BCUT2D eigenvalue weighted by molar-refractivity contribution is 7.85. The standard InChI is InChI=1S/C24H26F6O9S/c25-23(26,27)22(24(28,29)30,8-40(34,35)36)39-19(32)15-13-4-12-14(15)18(31)37-16(12)17(13)38-20(33)21-5-9-1-10(6-21)3-11(2-9)7-21/h9-17H,1-8H2,(H,34,35,36)/t9?,10?,11?,12?,13-,14?,15?,16?,17?,21?/m1/s1. The minimum atomic E-state index is -6.50. The fourth-order valence-electron chi connectivity index (χ4n) is 9.04. The Hall–Kier alpha value is -2.10. The lowest BCUT2D eigenvalue weighted by atomic mass is 9.49. The van der Waals surface area contributed by atoms with Gasteiger partial charge in [0.05, 0.1) is 17.3 Å². The molecule has 1 heterocycles. The fourth-order valence-corrected chi connectivity index (χ4v) is 9.94. The summed E-state index contributed by atoms with van der Waals surface area (Å²) in [5.41, 5.74) is -6.37. The second-order valence-electron chi connectivity index (χ2n) is 12.6. The highest BCUT2D eigenvalue weighted by atomic mass is 32.2. The molecule has 5 unspecified atom stereocenters. The molecule has 1 saturated heterocycles. The highest BCUT2D eigenvalue weighted by Gasteiger charge is 2.78. The number of rotatable bonds is 6. The average Bonchev–Trinajstić information content (AvgIpc) is 3.39. The van der Waals surface area contributed by atoms with E-state index in [-0.39, 0.29) is 6.42 Å². The van der Waals surface area contributed by atoms with Crippen LogP contribution in [0.1, 0.15) is 44.9 Å². The first-order chi connectivity index (χ1) is 18.3. The first kappa shape index (κ1) is 28.0. The maximum Gasteiger partial charge on any atom is 0.438 e. The summed E-state index contributed by atoms with van der Waals surface area (Å²) in [6, 6.07) is 0. The Balaban J connectivity index is 1.28. The maximum absolute atomic E-state index is 13.8. The second-order valence-corrected chi connectivity index (χ2v) is 14.0. The summed E-state index contributed by atoms with van der Waals surface area (Å²) < 4.78 is 129. The van der Waals surface area contributed by atoms with E-state index in [0.717, 1.165) is 19.3 Å². The minimum Gasteiger partial charge on any atom is -0.458 e. The van der Waals surface area contributed by atoms with Crippen molar-refractivity contribution in [3.8, 4) is 0 Å². The number of esters is 3. The number of carbonyl (C=O) groups is 3. The molecule has 6 saturated carbocycles. The molecule has 1 aliphatic heterocycles. The van der Waals surface area contributed by atoms with E-state index in [0.29, 0.717) is 37.0 Å². The van der Waals surface area contributed by atoms with Crippen LogP contribution < -0.4 is 0 Å². The van der Waals surface area contributed by atoms with Crippen molar-refractivity contribution in [2.45, 2.75) is 75.1 Å². The molecule has 0 amide bonds. The van der Waals surface area contributed by atoms with E-state index in [1.807, 2.05) is 0 Å². The van der Waals surface area contributed by atoms with Crippen molar-refractivity contribution in [3.05, 3.63) is 0 Å². The molecular formula is C24H26F6O9S. The van der Waals surface area contributed by atoms with Gasteiger partial charge in [-0.2, -0.15) is 34.8 Å². The van der Waals surface area contributed by atoms with Crippen LogP contribution in [-0.2, 0) is 38.7 Å². The Labute approximate surface area is 224 Å². The number of alkyl halides is 6. The first-order valence-corrected chi connectivity index (χ1v) is 14.7. The van der Waals surface area contributed by atoms with Crippen LogP contribution in [-0.4, -0.2) is 66.8 Å². The van der Waals surface area contributed by atoms with Crippen molar-refractivity contribution < 1.29 is 67.9 Å². The molecule has 6 bridgehead atoms. The topological polar surface area (TPSA) is 133 Å². The molecule has 0 aromatic carbocycles. The molecule has 7 rings (SSSR count). The van der Waals surface area contributed by atoms with Crippen molar-refractivity contribution in [3.63, 3.8) is 0 Å². The highest BCUT2D eigenvalue weighted by Crippen LogP contribution is 2.63. The summed E-state index contributed by atoms with van der Waals surface area (Å²) in [6.07, 6.45) is -10.5. The fraction of sp³-hybridized carbons (Fsp3) is 0.875. The lowest BCUT2D eigenvalue weighted by Crippen LogP contribution is -2.64. The van der Waals surface area contributed by atoms with Crippen LogP contribution >= 0.6 is 0 Å². The van der Waals surface area contributed by atoms with Crippen molar-refractivity contribution in [1.29, 1.82) is 0 Å². The lowest BCUT2D eigenvalue weighted by Gasteiger charge is -2.55. The van der Waals surface area contributed by atoms with Gasteiger partial charge in [0.1, 0.15) is 18.0 Å². The molecule has 1 N–H and O–H groups in total. The Kier molecular flexibility index (Phi) is 5.94. The Morgan fingerprint density at radius 1 is 0.925 bits per heavy atom. The zero-order valence-electron chi connectivity index (χ0n) is 20.7. The van der Waals surface area contributed by atoms with E-state index in [4.69, 9.17) is 14.0 Å². The zero-order chi connectivity index (χ0) is 29.2. The lowest BCUT2D eigenvalue weighted by molar-refractivity contribution is -0.362. The summed E-state index contributed by atoms with van der Waals surface area (Å²) in [4.78, 5) is 39.2. The van der Waals surface area contributed by atoms with Gasteiger partial charge in [-0.05, 0) is 62.7 Å². The van der Waals surface area contributed by atoms with E-state index in [1.165, 1.54) is 0 Å². The molecule has 6 atom stereocenters. The van der Waals surface area contributed by atoms with Gasteiger partial charge in [0, 0.05) is 11.8 Å². The third kappa shape index (κ3) is 4.05. The van der Waals surface area contributed by atoms with Crippen molar-refractivity contribution in [2.75, 3.05) is 5.75 Å². The van der Waals surface area contributed by atoms with Crippen LogP contribution in [0.25, 0.3) is 0 Å². The van der Waals surface area contributed by atoms with Gasteiger partial charge in [-0.15, -0.1) is 0 Å². The van der Waals surface area contributed by atoms with Crippen LogP contribution in [0, 0.1) is 46.8 Å². The van der Waals surface area contributed by atoms with Crippen LogP contribution in [0.4, 0.5) is 26.3 Å². The molecule has 0 aromatic heterocycles. The summed E-state index contributed by atoms with van der Waals surface area (Å²) in [6.45, 7) is 0. The van der Waals surface area contributed by atoms with Crippen LogP contribution in [0.3, 0.4) is 0 Å². The molecule has 0 radical (unpaired) electrons. The number of halogens is 6. The summed E-state index contributed by atoms with van der Waals surface area (Å²) in [5, 5.41) is 0. The third-order valence-electron chi connectivity index (χ3n) is 10.1. The van der Waals surface area contributed by atoms with E-state index in [2.05, 4.69) is 4.74 Å². The number of fused-ring (bicyclic) bond motifs is 1. The van der Waals surface area contributed by atoms with Gasteiger partial charge < -0.3 is 14.2 Å². The van der Waals surface area contributed by atoms with Crippen LogP contribution in [0.15, 0.2) is 0 Å². The first-order valence-electron chi connectivity index (χ1n) is 13.1. The molecule has 0 spiro atoms. The van der Waals surface area contributed by atoms with Gasteiger partial charge in [-0.3, -0.25) is 18.9 Å². The predicted molar refractivity (Wildman–Crippen MR) is 116 cm³/mol. The quantitative estimate of drug-likeness (QED) is 0.210. The molecule has 6 aliphatic carbocycles. The Morgan fingerprint density at radius 3 is 1.93 bits per heavy atom. The molecular weight excluding hydrogens is 578 g/mol. The largest absolute Gasteiger partial charge is 0.458 e.